The minimum atomic E-state index is -1.11. The van der Waals surface area contributed by atoms with E-state index in [1.807, 2.05) is 19.1 Å². The molecule has 2 aliphatic rings. The van der Waals surface area contributed by atoms with Crippen molar-refractivity contribution in [3.05, 3.63) is 70.0 Å². The topological polar surface area (TPSA) is 26.3 Å². The molecule has 2 aromatic rings. The standard InChI is InChI=1S/C26H29F3O2/c1-16-7-12-20(23(27)15-16)18-8-10-19(11-9-18)31-26(30)22-14-13-21(24(28)25(22)29)17-5-3-2-4-6-17/h7,12-15,17-19H,2-6,8-11H2,1H3. The molecule has 2 nitrogen and oxygen atoms in total. The van der Waals surface area contributed by atoms with Gasteiger partial charge in [-0.3, -0.25) is 0 Å². The molecule has 0 aromatic heterocycles. The Morgan fingerprint density at radius 3 is 2.13 bits per heavy atom. The van der Waals surface area contributed by atoms with E-state index in [2.05, 4.69) is 0 Å². The summed E-state index contributed by atoms with van der Waals surface area (Å²) in [5.74, 6) is -2.94. The molecular formula is C26H29F3O2. The lowest BCUT2D eigenvalue weighted by Crippen LogP contribution is -2.25. The van der Waals surface area contributed by atoms with Gasteiger partial charge in [-0.15, -0.1) is 0 Å². The van der Waals surface area contributed by atoms with E-state index in [4.69, 9.17) is 4.74 Å². The van der Waals surface area contributed by atoms with Crippen LogP contribution in [0.25, 0.3) is 0 Å². The highest BCUT2D eigenvalue weighted by Crippen LogP contribution is 2.37. The first-order chi connectivity index (χ1) is 14.9. The molecule has 0 aliphatic heterocycles. The summed E-state index contributed by atoms with van der Waals surface area (Å²) in [4.78, 5) is 12.5. The number of halogens is 3. The van der Waals surface area contributed by atoms with Crippen LogP contribution >= 0.6 is 0 Å². The monoisotopic (exact) mass is 430 g/mol. The van der Waals surface area contributed by atoms with Crippen molar-refractivity contribution in [1.82, 2.24) is 0 Å². The Hall–Kier alpha value is -2.30. The Kier molecular flexibility index (Phi) is 6.68. The highest BCUT2D eigenvalue weighted by atomic mass is 19.2. The van der Waals surface area contributed by atoms with Crippen LogP contribution in [0.1, 0.15) is 96.7 Å². The highest BCUT2D eigenvalue weighted by Gasteiger charge is 2.29. The number of rotatable bonds is 4. The van der Waals surface area contributed by atoms with Crippen LogP contribution in [-0.2, 0) is 4.74 Å². The molecule has 2 saturated carbocycles. The Bertz CT molecular complexity index is 942. The second-order valence-electron chi connectivity index (χ2n) is 9.07. The highest BCUT2D eigenvalue weighted by molar-refractivity contribution is 5.90. The van der Waals surface area contributed by atoms with Crippen molar-refractivity contribution in [2.24, 2.45) is 0 Å². The Balaban J connectivity index is 1.38. The summed E-state index contributed by atoms with van der Waals surface area (Å²) in [7, 11) is 0. The molecule has 0 N–H and O–H groups in total. The van der Waals surface area contributed by atoms with Crippen LogP contribution in [0.4, 0.5) is 13.2 Å². The van der Waals surface area contributed by atoms with Gasteiger partial charge in [0.05, 0.1) is 5.56 Å². The fourth-order valence-electron chi connectivity index (χ4n) is 5.12. The van der Waals surface area contributed by atoms with Crippen molar-refractivity contribution >= 4 is 5.97 Å². The van der Waals surface area contributed by atoms with E-state index in [1.165, 1.54) is 12.1 Å². The van der Waals surface area contributed by atoms with Gasteiger partial charge in [0.2, 0.25) is 0 Å². The summed E-state index contributed by atoms with van der Waals surface area (Å²) in [6, 6.07) is 8.17. The van der Waals surface area contributed by atoms with Gasteiger partial charge in [-0.1, -0.05) is 37.5 Å². The van der Waals surface area contributed by atoms with Crippen LogP contribution in [0.2, 0.25) is 0 Å². The number of hydrogen-bond acceptors (Lipinski definition) is 2. The second kappa shape index (κ2) is 9.46. The van der Waals surface area contributed by atoms with Crippen LogP contribution in [0.3, 0.4) is 0 Å². The van der Waals surface area contributed by atoms with Gasteiger partial charge in [-0.2, -0.15) is 0 Å². The molecule has 0 heterocycles. The maximum Gasteiger partial charge on any atom is 0.341 e. The van der Waals surface area contributed by atoms with Gasteiger partial charge < -0.3 is 4.74 Å². The summed E-state index contributed by atoms with van der Waals surface area (Å²) in [5.41, 5.74) is 1.60. The third-order valence-corrected chi connectivity index (χ3v) is 6.92. The van der Waals surface area contributed by atoms with Gasteiger partial charge in [0, 0.05) is 0 Å². The van der Waals surface area contributed by atoms with Gasteiger partial charge in [-0.25, -0.2) is 18.0 Å². The number of benzene rings is 2. The first-order valence-corrected chi connectivity index (χ1v) is 11.4. The molecule has 4 rings (SSSR count). The second-order valence-corrected chi connectivity index (χ2v) is 9.07. The van der Waals surface area contributed by atoms with Crippen molar-refractivity contribution in [1.29, 1.82) is 0 Å². The molecule has 2 aromatic carbocycles. The lowest BCUT2D eigenvalue weighted by atomic mass is 9.82. The van der Waals surface area contributed by atoms with Gasteiger partial charge in [0.1, 0.15) is 11.9 Å². The molecule has 0 amide bonds. The predicted octanol–water partition coefficient (Wildman–Crippen LogP) is 7.34. The zero-order valence-corrected chi connectivity index (χ0v) is 17.9. The molecule has 2 fully saturated rings. The van der Waals surface area contributed by atoms with E-state index in [1.54, 1.807) is 6.07 Å². The smallest absolute Gasteiger partial charge is 0.341 e. The molecule has 0 atom stereocenters. The molecule has 0 bridgehead atoms. The van der Waals surface area contributed by atoms with Gasteiger partial charge in [0.25, 0.3) is 0 Å². The number of carbonyl (C=O) groups is 1. The third kappa shape index (κ3) is 4.81. The quantitative estimate of drug-likeness (QED) is 0.474. The minimum Gasteiger partial charge on any atom is -0.459 e. The van der Waals surface area contributed by atoms with Gasteiger partial charge in [0.15, 0.2) is 11.6 Å². The Labute approximate surface area is 181 Å². The van der Waals surface area contributed by atoms with Crippen molar-refractivity contribution in [3.8, 4) is 0 Å². The molecule has 0 spiro atoms. The first-order valence-electron chi connectivity index (χ1n) is 11.4. The lowest BCUT2D eigenvalue weighted by Gasteiger charge is -2.29. The summed E-state index contributed by atoms with van der Waals surface area (Å²) < 4.78 is 49.1. The molecule has 31 heavy (non-hydrogen) atoms. The predicted molar refractivity (Wildman–Crippen MR) is 114 cm³/mol. The fraction of sp³-hybridized carbons (Fsp3) is 0.500. The molecule has 0 saturated heterocycles. The largest absolute Gasteiger partial charge is 0.459 e. The first kappa shape index (κ1) is 21.9. The average molecular weight is 431 g/mol. The molecule has 5 heteroatoms. The van der Waals surface area contributed by atoms with Gasteiger partial charge >= 0.3 is 5.97 Å². The number of aryl methyl sites for hydroxylation is 1. The van der Waals surface area contributed by atoms with Crippen molar-refractivity contribution in [2.75, 3.05) is 0 Å². The molecule has 0 radical (unpaired) electrons. The van der Waals surface area contributed by atoms with E-state index in [-0.39, 0.29) is 29.3 Å². The average Bonchev–Trinajstić information content (AvgIpc) is 2.77. The zero-order chi connectivity index (χ0) is 22.0. The molecule has 0 unspecified atom stereocenters. The molecule has 166 valence electrons. The van der Waals surface area contributed by atoms with Crippen LogP contribution < -0.4 is 0 Å². The van der Waals surface area contributed by atoms with Crippen LogP contribution in [-0.4, -0.2) is 12.1 Å². The summed E-state index contributed by atoms with van der Waals surface area (Å²) in [5, 5.41) is 0. The van der Waals surface area contributed by atoms with E-state index in [0.717, 1.165) is 37.7 Å². The summed E-state index contributed by atoms with van der Waals surface area (Å²) in [6.07, 6.45) is 7.04. The van der Waals surface area contributed by atoms with E-state index in [0.29, 0.717) is 36.8 Å². The summed E-state index contributed by atoms with van der Waals surface area (Å²) >= 11 is 0. The number of carbonyl (C=O) groups excluding carboxylic acids is 1. The number of ether oxygens (including phenoxy) is 1. The van der Waals surface area contributed by atoms with Crippen molar-refractivity contribution in [3.63, 3.8) is 0 Å². The van der Waals surface area contributed by atoms with E-state index >= 15 is 0 Å². The molecule has 2 aliphatic carbocycles. The van der Waals surface area contributed by atoms with Crippen molar-refractivity contribution < 1.29 is 22.7 Å². The maximum atomic E-state index is 14.7. The SMILES string of the molecule is Cc1ccc(C2CCC(OC(=O)c3ccc(C4CCCCC4)c(F)c3F)CC2)c(F)c1. The van der Waals surface area contributed by atoms with E-state index in [9.17, 15) is 18.0 Å². The Morgan fingerprint density at radius 2 is 1.45 bits per heavy atom. The van der Waals surface area contributed by atoms with Crippen LogP contribution in [0, 0.1) is 24.4 Å². The normalized spacial score (nSPS) is 22.3. The lowest BCUT2D eigenvalue weighted by molar-refractivity contribution is 0.0188. The van der Waals surface area contributed by atoms with Crippen LogP contribution in [0.15, 0.2) is 30.3 Å². The zero-order valence-electron chi connectivity index (χ0n) is 17.9. The van der Waals surface area contributed by atoms with Gasteiger partial charge in [-0.05, 0) is 86.1 Å². The Morgan fingerprint density at radius 1 is 0.806 bits per heavy atom. The minimum absolute atomic E-state index is 0.0192. The maximum absolute atomic E-state index is 14.7. The number of esters is 1. The summed E-state index contributed by atoms with van der Waals surface area (Å²) in [6.45, 7) is 1.85. The fourth-order valence-corrected chi connectivity index (χ4v) is 5.12. The van der Waals surface area contributed by atoms with Crippen molar-refractivity contribution in [2.45, 2.75) is 82.7 Å². The molecular weight excluding hydrogens is 401 g/mol. The number of hydrogen-bond donors (Lipinski definition) is 0. The van der Waals surface area contributed by atoms with Crippen LogP contribution in [0.5, 0.6) is 0 Å². The third-order valence-electron chi connectivity index (χ3n) is 6.92. The van der Waals surface area contributed by atoms with E-state index < -0.39 is 17.6 Å².